The summed E-state index contributed by atoms with van der Waals surface area (Å²) in [6, 6.07) is -1.68. The Bertz CT molecular complexity index is 2170. The van der Waals surface area contributed by atoms with Gasteiger partial charge in [-0.25, -0.2) is 0 Å². The number of aliphatic hydroxyl groups is 1. The fourth-order valence-corrected chi connectivity index (χ4v) is 10.9. The Labute approximate surface area is 376 Å². The number of unbranched alkanes of at least 4 members (excludes halogenated alkanes) is 1. The third kappa shape index (κ3) is 9.62. The van der Waals surface area contributed by atoms with Gasteiger partial charge in [-0.3, -0.25) is 29.4 Å². The van der Waals surface area contributed by atoms with Crippen molar-refractivity contribution in [2.45, 2.75) is 153 Å². The summed E-state index contributed by atoms with van der Waals surface area (Å²) in [5.41, 5.74) is 10.9. The molecule has 5 unspecified atom stereocenters. The molecule has 0 aromatic rings. The number of allylic oxidation sites excluding steroid dienone is 6. The number of rotatable bonds is 17. The molecular weight excluding hydrogens is 815 g/mol. The van der Waals surface area contributed by atoms with E-state index in [1.54, 1.807) is 13.8 Å². The highest BCUT2D eigenvalue weighted by Crippen LogP contribution is 2.42. The molecule has 0 aromatic heterocycles. The smallest absolute Gasteiger partial charge is 0.305 e. The van der Waals surface area contributed by atoms with Gasteiger partial charge in [-0.2, -0.15) is 0 Å². The molecule has 4 aliphatic heterocycles. The highest BCUT2D eigenvalue weighted by atomic mass is 16.5. The number of nitrogens with one attached hydrogen (secondary N) is 5. The number of methoxy groups -OCH3 is 1. The highest BCUT2D eigenvalue weighted by Gasteiger charge is 2.43. The van der Waals surface area contributed by atoms with E-state index in [1.807, 2.05) is 4.90 Å². The topological polar surface area (TPSA) is 183 Å². The number of esters is 1. The first-order chi connectivity index (χ1) is 31.0. The molecule has 0 saturated heterocycles. The van der Waals surface area contributed by atoms with E-state index in [0.717, 1.165) is 86.2 Å². The summed E-state index contributed by atoms with van der Waals surface area (Å²) in [5, 5.41) is 27.3. The first-order valence-corrected chi connectivity index (χ1v) is 23.6. The molecule has 64 heavy (non-hydrogen) atoms. The number of amides is 3. The normalized spacial score (nSPS) is 27.9. The second-order valence-electron chi connectivity index (χ2n) is 19.0. The minimum absolute atomic E-state index is 0.0231. The summed E-state index contributed by atoms with van der Waals surface area (Å²) in [5.74, 6) is 0.426. The zero-order valence-corrected chi connectivity index (χ0v) is 37.5. The zero-order valence-electron chi connectivity index (χ0n) is 37.5. The molecule has 15 heteroatoms. The minimum atomic E-state index is -1.17. The van der Waals surface area contributed by atoms with Crippen molar-refractivity contribution in [3.63, 3.8) is 0 Å². The van der Waals surface area contributed by atoms with Crippen LogP contribution in [0.2, 0.25) is 0 Å². The van der Waals surface area contributed by atoms with Gasteiger partial charge in [-0.05, 0) is 93.1 Å². The van der Waals surface area contributed by atoms with Gasteiger partial charge in [0.1, 0.15) is 18.6 Å². The molecule has 15 nitrogen and oxygen atoms in total. The molecule has 344 valence electrons. The van der Waals surface area contributed by atoms with E-state index < -0.39 is 18.3 Å². The molecule has 0 aromatic carbocycles. The quantitative estimate of drug-likeness (QED) is 0.0528. The van der Waals surface area contributed by atoms with Crippen molar-refractivity contribution in [3.8, 4) is 0 Å². The molecule has 3 amide bonds. The Hall–Kier alpha value is -5.12. The lowest BCUT2D eigenvalue weighted by atomic mass is 9.86. The van der Waals surface area contributed by atoms with Crippen molar-refractivity contribution in [2.24, 2.45) is 5.92 Å². The lowest BCUT2D eigenvalue weighted by Crippen LogP contribution is -2.55. The number of aliphatic hydroxyl groups excluding tert-OH is 1. The predicted molar refractivity (Wildman–Crippen MR) is 239 cm³/mol. The maximum atomic E-state index is 13.7. The molecule has 5 aliphatic carbocycles. The van der Waals surface area contributed by atoms with Crippen molar-refractivity contribution < 1.29 is 38.5 Å². The fraction of sp³-hybridized carbons (Fsp3) is 0.592. The molecule has 9 rings (SSSR count). The molecular formula is C49H65N7O8. The maximum Gasteiger partial charge on any atom is 0.305 e. The number of carbonyl (C=O) groups excluding carboxylic acids is 4. The number of fused-ring (bicyclic) bond motifs is 4. The first-order valence-electron chi connectivity index (χ1n) is 23.6. The molecule has 8 atom stereocenters. The number of hydrogen-bond acceptors (Lipinski definition) is 12. The van der Waals surface area contributed by atoms with Gasteiger partial charge < -0.3 is 45.5 Å². The number of nitrogens with zero attached hydrogens (tertiary/aromatic N) is 2. The van der Waals surface area contributed by atoms with Crippen LogP contribution in [-0.4, -0.2) is 108 Å². The molecule has 0 spiro atoms. The minimum Gasteiger partial charge on any atom is -0.498 e. The van der Waals surface area contributed by atoms with E-state index in [2.05, 4.69) is 72.7 Å². The third-order valence-corrected chi connectivity index (χ3v) is 14.4. The number of ether oxygens (including phenoxy) is 3. The van der Waals surface area contributed by atoms with Crippen LogP contribution in [-0.2, 0) is 33.4 Å². The summed E-state index contributed by atoms with van der Waals surface area (Å²) >= 11 is 0. The van der Waals surface area contributed by atoms with E-state index in [4.69, 9.17) is 9.47 Å². The highest BCUT2D eigenvalue weighted by molar-refractivity contribution is 5.97. The van der Waals surface area contributed by atoms with Gasteiger partial charge in [-0.1, -0.05) is 30.4 Å². The summed E-state index contributed by atoms with van der Waals surface area (Å²) in [6.45, 7) is 5.27. The van der Waals surface area contributed by atoms with Crippen molar-refractivity contribution in [3.05, 3.63) is 92.9 Å². The summed E-state index contributed by atoms with van der Waals surface area (Å²) < 4.78 is 17.9. The van der Waals surface area contributed by atoms with Gasteiger partial charge in [0.2, 0.25) is 11.8 Å². The Kier molecular flexibility index (Phi) is 13.2. The summed E-state index contributed by atoms with van der Waals surface area (Å²) in [4.78, 5) is 55.7. The molecule has 0 saturated carbocycles. The van der Waals surface area contributed by atoms with Crippen LogP contribution in [0.25, 0.3) is 0 Å². The van der Waals surface area contributed by atoms with Gasteiger partial charge in [-0.15, -0.1) is 0 Å². The SMILES string of the molecule is COC(=O)CCCCC(=O)N[C@@H](C)C(O)N[C@@H](C)C(=O)NC1C=C(COC2CCC3=C(C2)NC2CC4=C(CC=C4)N2C3=O)CC(COC2=CC3=C(CC2)CN2C4=C(C=CC4)C[C@H]2N3)C1. The van der Waals surface area contributed by atoms with Gasteiger partial charge in [0, 0.05) is 92.3 Å². The molecule has 4 heterocycles. The van der Waals surface area contributed by atoms with E-state index in [1.165, 1.54) is 35.2 Å². The van der Waals surface area contributed by atoms with Crippen LogP contribution < -0.4 is 26.6 Å². The summed E-state index contributed by atoms with van der Waals surface area (Å²) in [6.07, 6.45) is 22.8. The van der Waals surface area contributed by atoms with Crippen molar-refractivity contribution in [2.75, 3.05) is 26.9 Å². The second-order valence-corrected chi connectivity index (χ2v) is 19.0. The first kappa shape index (κ1) is 44.1. The maximum absolute atomic E-state index is 13.7. The van der Waals surface area contributed by atoms with Crippen LogP contribution in [0.5, 0.6) is 0 Å². The monoisotopic (exact) mass is 879 g/mol. The zero-order chi connectivity index (χ0) is 44.5. The second kappa shape index (κ2) is 19.2. The number of carbonyl (C=O) groups is 4. The van der Waals surface area contributed by atoms with Crippen LogP contribution in [0.3, 0.4) is 0 Å². The van der Waals surface area contributed by atoms with Crippen LogP contribution >= 0.6 is 0 Å². The average molecular weight is 880 g/mol. The average Bonchev–Trinajstić information content (AvgIpc) is 4.08. The van der Waals surface area contributed by atoms with Crippen LogP contribution in [0.1, 0.15) is 110 Å². The van der Waals surface area contributed by atoms with E-state index >= 15 is 0 Å². The van der Waals surface area contributed by atoms with Crippen LogP contribution in [0.4, 0.5) is 0 Å². The van der Waals surface area contributed by atoms with Crippen LogP contribution in [0, 0.1) is 5.92 Å². The molecule has 6 N–H and O–H groups in total. The molecule has 0 fully saturated rings. The standard InChI is InChI=1S/C49H65N7O8/c1-28(50-45(57)12-4-5-13-46(58)62-3)47(59)51-29(2)48(60)52-35-19-30(26-63-36-15-14-34-25-55-41-10-6-8-32(41)21-43(55)53-39(34)23-36)18-31(20-35)27-64-37-16-17-38-40(24-37)54-44-22-33-9-7-11-42(33)56(44)49(38)61/h6-9,20,23,28-30,35,37,43-44,47,51,53-54,59H,4-5,10-19,21-22,24-27H2,1-3H3,(H,50,57)(H,52,60)/t28-,29-,30?,35?,37?,43-,44?,47?/m0/s1. The van der Waals surface area contributed by atoms with E-state index in [0.29, 0.717) is 51.5 Å². The Morgan fingerprint density at radius 2 is 1.73 bits per heavy atom. The Balaban J connectivity index is 0.802. The largest absolute Gasteiger partial charge is 0.498 e. The fourth-order valence-electron chi connectivity index (χ4n) is 10.9. The van der Waals surface area contributed by atoms with Crippen molar-refractivity contribution in [1.82, 2.24) is 36.4 Å². The van der Waals surface area contributed by atoms with Gasteiger partial charge in [0.15, 0.2) is 0 Å². The molecule has 9 aliphatic rings. The lowest BCUT2D eigenvalue weighted by molar-refractivity contribution is -0.141. The van der Waals surface area contributed by atoms with E-state index in [9.17, 15) is 24.3 Å². The summed E-state index contributed by atoms with van der Waals surface area (Å²) in [7, 11) is 1.34. The Morgan fingerprint density at radius 1 is 0.953 bits per heavy atom. The predicted octanol–water partition coefficient (Wildman–Crippen LogP) is 4.34. The van der Waals surface area contributed by atoms with Gasteiger partial charge >= 0.3 is 5.97 Å². The van der Waals surface area contributed by atoms with Crippen molar-refractivity contribution in [1.29, 1.82) is 0 Å². The lowest BCUT2D eigenvalue weighted by Gasteiger charge is -2.40. The van der Waals surface area contributed by atoms with Crippen molar-refractivity contribution >= 4 is 23.7 Å². The third-order valence-electron chi connectivity index (χ3n) is 14.4. The Morgan fingerprint density at radius 3 is 2.56 bits per heavy atom. The van der Waals surface area contributed by atoms with E-state index in [-0.39, 0.29) is 60.8 Å². The van der Waals surface area contributed by atoms with Gasteiger partial charge in [0.05, 0.1) is 44.3 Å². The molecule has 0 bridgehead atoms. The van der Waals surface area contributed by atoms with Crippen LogP contribution in [0.15, 0.2) is 92.9 Å². The number of hydrogen-bond donors (Lipinski definition) is 6. The molecule has 0 radical (unpaired) electrons. The van der Waals surface area contributed by atoms with Gasteiger partial charge in [0.25, 0.3) is 5.91 Å².